The van der Waals surface area contributed by atoms with E-state index in [0.29, 0.717) is 31.0 Å². The van der Waals surface area contributed by atoms with Crippen LogP contribution in [0.15, 0.2) is 30.3 Å². The number of amides is 1. The van der Waals surface area contributed by atoms with Gasteiger partial charge in [-0.1, -0.05) is 0 Å². The lowest BCUT2D eigenvalue weighted by molar-refractivity contribution is 0.0728. The van der Waals surface area contributed by atoms with Crippen LogP contribution in [0, 0.1) is 11.6 Å². The average Bonchev–Trinajstić information content (AvgIpc) is 2.59. The molecule has 1 amide bonds. The van der Waals surface area contributed by atoms with Gasteiger partial charge < -0.3 is 14.4 Å². The molecule has 1 heterocycles. The van der Waals surface area contributed by atoms with Crippen LogP contribution in [0.4, 0.5) is 8.78 Å². The van der Waals surface area contributed by atoms with Crippen molar-refractivity contribution in [3.8, 4) is 11.5 Å². The molecule has 0 N–H and O–H groups in total. The summed E-state index contributed by atoms with van der Waals surface area (Å²) in [6.45, 7) is 0.747. The lowest BCUT2D eigenvalue weighted by atomic mass is 9.97. The molecule has 0 atom stereocenters. The molecular weight excluding hydrogens is 316 g/mol. The minimum atomic E-state index is -0.854. The van der Waals surface area contributed by atoms with Crippen LogP contribution in [0.25, 0.3) is 0 Å². The maximum atomic E-state index is 13.9. The number of carbonyl (C=O) groups excluding carboxylic acids is 1. The zero-order chi connectivity index (χ0) is 17.3. The zero-order valence-corrected chi connectivity index (χ0v) is 13.4. The normalized spacial score (nSPS) is 13.4. The smallest absolute Gasteiger partial charge is 0.257 e. The van der Waals surface area contributed by atoms with Crippen molar-refractivity contribution in [2.75, 3.05) is 20.8 Å². The number of benzene rings is 2. The number of fused-ring (bicyclic) bond motifs is 1. The highest BCUT2D eigenvalue weighted by molar-refractivity contribution is 5.94. The summed E-state index contributed by atoms with van der Waals surface area (Å²) in [5, 5.41) is 0. The molecule has 24 heavy (non-hydrogen) atoms. The van der Waals surface area contributed by atoms with Gasteiger partial charge in [0.1, 0.15) is 23.1 Å². The Morgan fingerprint density at radius 1 is 1.12 bits per heavy atom. The van der Waals surface area contributed by atoms with Gasteiger partial charge in [-0.2, -0.15) is 0 Å². The molecule has 4 nitrogen and oxygen atoms in total. The minimum Gasteiger partial charge on any atom is -0.497 e. The van der Waals surface area contributed by atoms with E-state index in [9.17, 15) is 13.6 Å². The first kappa shape index (κ1) is 16.2. The van der Waals surface area contributed by atoms with Crippen molar-refractivity contribution in [2.45, 2.75) is 13.0 Å². The van der Waals surface area contributed by atoms with E-state index in [1.807, 2.05) is 6.07 Å². The van der Waals surface area contributed by atoms with Crippen molar-refractivity contribution >= 4 is 5.91 Å². The van der Waals surface area contributed by atoms with Crippen LogP contribution in [-0.2, 0) is 13.0 Å². The second-order valence-corrected chi connectivity index (χ2v) is 5.57. The molecule has 0 spiro atoms. The molecule has 0 unspecified atom stereocenters. The van der Waals surface area contributed by atoms with Gasteiger partial charge in [-0.25, -0.2) is 8.78 Å². The molecule has 0 aliphatic carbocycles. The summed E-state index contributed by atoms with van der Waals surface area (Å²) in [6.07, 6.45) is 0.609. The number of halogens is 2. The van der Waals surface area contributed by atoms with Gasteiger partial charge in [-0.15, -0.1) is 0 Å². The molecule has 0 saturated heterocycles. The standard InChI is InChI=1S/C18H17F2NO3/c1-23-13-7-11-5-6-21(10-15(11)17(9-13)24-2)18(22)14-4-3-12(19)8-16(14)20/h3-4,7-9H,5-6,10H2,1-2H3. The van der Waals surface area contributed by atoms with Gasteiger partial charge in [0.25, 0.3) is 5.91 Å². The molecule has 2 aromatic rings. The number of ether oxygens (including phenoxy) is 2. The molecule has 0 aromatic heterocycles. The van der Waals surface area contributed by atoms with Crippen LogP contribution in [0.2, 0.25) is 0 Å². The predicted molar refractivity (Wildman–Crippen MR) is 84.3 cm³/mol. The second kappa shape index (κ2) is 6.47. The average molecular weight is 333 g/mol. The van der Waals surface area contributed by atoms with Crippen molar-refractivity contribution in [1.82, 2.24) is 4.90 Å². The molecule has 1 aliphatic rings. The Morgan fingerprint density at radius 2 is 1.92 bits per heavy atom. The molecule has 0 bridgehead atoms. The quantitative estimate of drug-likeness (QED) is 0.866. The maximum Gasteiger partial charge on any atom is 0.257 e. The van der Waals surface area contributed by atoms with Gasteiger partial charge in [0, 0.05) is 30.8 Å². The Hall–Kier alpha value is -2.63. The van der Waals surface area contributed by atoms with E-state index in [0.717, 1.165) is 23.3 Å². The zero-order valence-electron chi connectivity index (χ0n) is 13.4. The minimum absolute atomic E-state index is 0.132. The highest BCUT2D eigenvalue weighted by Crippen LogP contribution is 2.33. The molecule has 0 saturated carbocycles. The topological polar surface area (TPSA) is 38.8 Å². The number of carbonyl (C=O) groups is 1. The number of nitrogens with zero attached hydrogens (tertiary/aromatic N) is 1. The first-order valence-electron chi connectivity index (χ1n) is 7.51. The summed E-state index contributed by atoms with van der Waals surface area (Å²) in [5.41, 5.74) is 1.78. The third kappa shape index (κ3) is 2.91. The fraction of sp³-hybridized carbons (Fsp3) is 0.278. The van der Waals surface area contributed by atoms with Gasteiger partial charge in [0.2, 0.25) is 0 Å². The molecule has 1 aliphatic heterocycles. The molecule has 0 radical (unpaired) electrons. The van der Waals surface area contributed by atoms with Crippen molar-refractivity contribution in [1.29, 1.82) is 0 Å². The second-order valence-electron chi connectivity index (χ2n) is 5.57. The fourth-order valence-corrected chi connectivity index (χ4v) is 2.91. The summed E-state index contributed by atoms with van der Waals surface area (Å²) in [5.74, 6) is -0.707. The lowest BCUT2D eigenvalue weighted by Crippen LogP contribution is -2.36. The SMILES string of the molecule is COc1cc2c(c(OC)c1)CN(C(=O)c1ccc(F)cc1F)CC2. The van der Waals surface area contributed by atoms with Gasteiger partial charge in [-0.3, -0.25) is 4.79 Å². The number of methoxy groups -OCH3 is 2. The number of hydrogen-bond donors (Lipinski definition) is 0. The van der Waals surface area contributed by atoms with Crippen LogP contribution in [-0.4, -0.2) is 31.6 Å². The van der Waals surface area contributed by atoms with Crippen LogP contribution in [0.3, 0.4) is 0 Å². The third-order valence-electron chi connectivity index (χ3n) is 4.18. The summed E-state index contributed by atoms with van der Waals surface area (Å²) < 4.78 is 37.5. The summed E-state index contributed by atoms with van der Waals surface area (Å²) in [7, 11) is 3.13. The predicted octanol–water partition coefficient (Wildman–Crippen LogP) is 3.18. The van der Waals surface area contributed by atoms with Crippen LogP contribution in [0.1, 0.15) is 21.5 Å². The van der Waals surface area contributed by atoms with E-state index < -0.39 is 17.5 Å². The van der Waals surface area contributed by atoms with E-state index in [1.54, 1.807) is 20.3 Å². The van der Waals surface area contributed by atoms with Crippen molar-refractivity contribution in [3.63, 3.8) is 0 Å². The van der Waals surface area contributed by atoms with E-state index in [-0.39, 0.29) is 5.56 Å². The maximum absolute atomic E-state index is 13.9. The van der Waals surface area contributed by atoms with Gasteiger partial charge in [0.15, 0.2) is 0 Å². The molecule has 126 valence electrons. The van der Waals surface area contributed by atoms with E-state index in [4.69, 9.17) is 9.47 Å². The monoisotopic (exact) mass is 333 g/mol. The molecule has 2 aromatic carbocycles. The number of rotatable bonds is 3. The van der Waals surface area contributed by atoms with Crippen molar-refractivity contribution in [2.24, 2.45) is 0 Å². The summed E-state index contributed by atoms with van der Waals surface area (Å²) in [6, 6.07) is 6.65. The Balaban J connectivity index is 1.90. The van der Waals surface area contributed by atoms with Crippen LogP contribution in [0.5, 0.6) is 11.5 Å². The van der Waals surface area contributed by atoms with E-state index >= 15 is 0 Å². The first-order chi connectivity index (χ1) is 11.5. The Kier molecular flexibility index (Phi) is 4.38. The van der Waals surface area contributed by atoms with Gasteiger partial charge in [-0.05, 0) is 30.2 Å². The first-order valence-corrected chi connectivity index (χ1v) is 7.51. The summed E-state index contributed by atoms with van der Waals surface area (Å²) in [4.78, 5) is 14.1. The fourth-order valence-electron chi connectivity index (χ4n) is 2.91. The van der Waals surface area contributed by atoms with E-state index in [1.165, 1.54) is 11.0 Å². The molecule has 0 fully saturated rings. The Bertz CT molecular complexity index is 775. The van der Waals surface area contributed by atoms with E-state index in [2.05, 4.69) is 0 Å². The lowest BCUT2D eigenvalue weighted by Gasteiger charge is -2.30. The molecule has 3 rings (SSSR count). The molecule has 6 heteroatoms. The Morgan fingerprint density at radius 3 is 2.58 bits per heavy atom. The summed E-state index contributed by atoms with van der Waals surface area (Å²) >= 11 is 0. The third-order valence-corrected chi connectivity index (χ3v) is 4.18. The van der Waals surface area contributed by atoms with Crippen molar-refractivity contribution in [3.05, 3.63) is 58.7 Å². The van der Waals surface area contributed by atoms with Gasteiger partial charge >= 0.3 is 0 Å². The van der Waals surface area contributed by atoms with Crippen LogP contribution < -0.4 is 9.47 Å². The Labute approximate surface area is 138 Å². The molecular formula is C18H17F2NO3. The largest absolute Gasteiger partial charge is 0.497 e. The van der Waals surface area contributed by atoms with Crippen LogP contribution >= 0.6 is 0 Å². The van der Waals surface area contributed by atoms with Gasteiger partial charge in [0.05, 0.1) is 19.8 Å². The highest BCUT2D eigenvalue weighted by atomic mass is 19.1. The van der Waals surface area contributed by atoms with Crippen molar-refractivity contribution < 1.29 is 23.0 Å². The highest BCUT2D eigenvalue weighted by Gasteiger charge is 2.26. The number of hydrogen-bond acceptors (Lipinski definition) is 3.